The van der Waals surface area contributed by atoms with Gasteiger partial charge in [0.05, 0.1) is 0 Å². The quantitative estimate of drug-likeness (QED) is 0.493. The molecule has 0 saturated carbocycles. The van der Waals surface area contributed by atoms with Gasteiger partial charge in [0, 0.05) is 25.4 Å². The molecular weight excluding hydrogens is 220 g/mol. The summed E-state index contributed by atoms with van der Waals surface area (Å²) in [4.78, 5) is 0. The minimum atomic E-state index is -0.0523. The first-order chi connectivity index (χ1) is 7.45. The van der Waals surface area contributed by atoms with Crippen LogP contribution in [0, 0.1) is 5.92 Å². The lowest BCUT2D eigenvalue weighted by molar-refractivity contribution is -0.113. The van der Waals surface area contributed by atoms with Crippen LogP contribution >= 0.6 is 12.6 Å². The number of hydrogen-bond donors (Lipinski definition) is 1. The molecule has 0 spiro atoms. The maximum Gasteiger partial charge on any atom is 0.157 e. The molecule has 0 aliphatic rings. The predicted octanol–water partition coefficient (Wildman–Crippen LogP) is 3.90. The molecule has 2 nitrogen and oxygen atoms in total. The van der Waals surface area contributed by atoms with Gasteiger partial charge in [0.15, 0.2) is 6.29 Å². The van der Waals surface area contributed by atoms with E-state index in [1.54, 1.807) is 14.2 Å². The van der Waals surface area contributed by atoms with Gasteiger partial charge in [-0.1, -0.05) is 33.6 Å². The van der Waals surface area contributed by atoms with Gasteiger partial charge in [-0.05, 0) is 18.8 Å². The lowest BCUT2D eigenvalue weighted by atomic mass is 9.94. The van der Waals surface area contributed by atoms with Crippen molar-refractivity contribution in [1.82, 2.24) is 0 Å². The highest BCUT2D eigenvalue weighted by Gasteiger charge is 2.17. The standard InChI is InChI=1S/C13H28O2S/c1-6-13(3,16)9-7-8-11(2)10-12(14-4)15-5/h11-12,16H,6-10H2,1-5H3. The molecule has 2 unspecified atom stereocenters. The van der Waals surface area contributed by atoms with Gasteiger partial charge in [0.1, 0.15) is 0 Å². The van der Waals surface area contributed by atoms with E-state index in [-0.39, 0.29) is 11.0 Å². The molecule has 0 fully saturated rings. The summed E-state index contributed by atoms with van der Waals surface area (Å²) >= 11 is 4.65. The summed E-state index contributed by atoms with van der Waals surface area (Å²) in [5.74, 6) is 0.644. The zero-order valence-corrected chi connectivity index (χ0v) is 12.3. The molecule has 0 aliphatic heterocycles. The van der Waals surface area contributed by atoms with Crippen LogP contribution in [0.1, 0.15) is 52.9 Å². The molecule has 0 N–H and O–H groups in total. The van der Waals surface area contributed by atoms with Gasteiger partial charge in [-0.3, -0.25) is 0 Å². The van der Waals surface area contributed by atoms with Gasteiger partial charge < -0.3 is 9.47 Å². The molecule has 0 radical (unpaired) electrons. The van der Waals surface area contributed by atoms with Crippen molar-refractivity contribution < 1.29 is 9.47 Å². The third kappa shape index (κ3) is 7.53. The van der Waals surface area contributed by atoms with Gasteiger partial charge in [-0.15, -0.1) is 0 Å². The molecule has 0 rings (SSSR count). The summed E-state index contributed by atoms with van der Waals surface area (Å²) in [6, 6.07) is 0. The molecule has 98 valence electrons. The van der Waals surface area contributed by atoms with Crippen LogP contribution in [0.2, 0.25) is 0 Å². The van der Waals surface area contributed by atoms with Crippen molar-refractivity contribution in [2.45, 2.75) is 63.9 Å². The molecule has 0 aromatic carbocycles. The van der Waals surface area contributed by atoms with Crippen LogP contribution < -0.4 is 0 Å². The third-order valence-electron chi connectivity index (χ3n) is 3.29. The van der Waals surface area contributed by atoms with E-state index in [2.05, 4.69) is 33.4 Å². The van der Waals surface area contributed by atoms with E-state index in [1.165, 1.54) is 19.3 Å². The minimum absolute atomic E-state index is 0.0523. The van der Waals surface area contributed by atoms with Crippen LogP contribution in [-0.2, 0) is 9.47 Å². The van der Waals surface area contributed by atoms with Crippen molar-refractivity contribution in [1.29, 1.82) is 0 Å². The fourth-order valence-electron chi connectivity index (χ4n) is 1.74. The number of hydrogen-bond acceptors (Lipinski definition) is 3. The summed E-state index contributed by atoms with van der Waals surface area (Å²) in [5, 5.41) is 0. The Morgan fingerprint density at radius 3 is 2.25 bits per heavy atom. The number of rotatable bonds is 9. The fraction of sp³-hybridized carbons (Fsp3) is 1.00. The van der Waals surface area contributed by atoms with Gasteiger partial charge in [-0.25, -0.2) is 0 Å². The molecule has 0 aromatic rings. The first-order valence-corrected chi connectivity index (χ1v) is 6.68. The van der Waals surface area contributed by atoms with E-state index < -0.39 is 0 Å². The van der Waals surface area contributed by atoms with E-state index in [0.717, 1.165) is 12.8 Å². The fourth-order valence-corrected chi connectivity index (χ4v) is 1.90. The Morgan fingerprint density at radius 2 is 1.81 bits per heavy atom. The lowest BCUT2D eigenvalue weighted by Gasteiger charge is -2.23. The summed E-state index contributed by atoms with van der Waals surface area (Å²) < 4.78 is 10.6. The van der Waals surface area contributed by atoms with Crippen LogP contribution in [-0.4, -0.2) is 25.3 Å². The average Bonchev–Trinajstić information content (AvgIpc) is 2.25. The topological polar surface area (TPSA) is 18.5 Å². The van der Waals surface area contributed by atoms with Crippen molar-refractivity contribution in [3.05, 3.63) is 0 Å². The molecule has 0 amide bonds. The van der Waals surface area contributed by atoms with Crippen LogP contribution in [0.5, 0.6) is 0 Å². The van der Waals surface area contributed by atoms with Gasteiger partial charge in [0.2, 0.25) is 0 Å². The summed E-state index contributed by atoms with van der Waals surface area (Å²) in [6.45, 7) is 6.67. The molecule has 2 atom stereocenters. The lowest BCUT2D eigenvalue weighted by Crippen LogP contribution is -2.18. The Hall–Kier alpha value is 0.270. The van der Waals surface area contributed by atoms with Crippen LogP contribution in [0.4, 0.5) is 0 Å². The van der Waals surface area contributed by atoms with Crippen molar-refractivity contribution in [3.63, 3.8) is 0 Å². The predicted molar refractivity (Wildman–Crippen MR) is 73.1 cm³/mol. The van der Waals surface area contributed by atoms with E-state index in [0.29, 0.717) is 5.92 Å². The second-order valence-corrected chi connectivity index (χ2v) is 6.06. The second kappa shape index (κ2) is 8.37. The van der Waals surface area contributed by atoms with Gasteiger partial charge in [0.25, 0.3) is 0 Å². The van der Waals surface area contributed by atoms with Crippen molar-refractivity contribution in [3.8, 4) is 0 Å². The average molecular weight is 248 g/mol. The Bertz CT molecular complexity index is 167. The third-order valence-corrected chi connectivity index (χ3v) is 3.83. The Morgan fingerprint density at radius 1 is 1.25 bits per heavy atom. The highest BCUT2D eigenvalue weighted by molar-refractivity contribution is 7.81. The van der Waals surface area contributed by atoms with Crippen LogP contribution in [0.15, 0.2) is 0 Å². The maximum atomic E-state index is 5.20. The first-order valence-electron chi connectivity index (χ1n) is 6.23. The zero-order valence-electron chi connectivity index (χ0n) is 11.5. The second-order valence-electron chi connectivity index (χ2n) is 4.98. The molecule has 0 heterocycles. The normalized spacial score (nSPS) is 17.4. The van der Waals surface area contributed by atoms with Gasteiger partial charge in [-0.2, -0.15) is 12.6 Å². The number of thiol groups is 1. The first kappa shape index (κ1) is 16.3. The van der Waals surface area contributed by atoms with Crippen LogP contribution in [0.25, 0.3) is 0 Å². The van der Waals surface area contributed by atoms with Crippen molar-refractivity contribution >= 4 is 12.6 Å². The number of ether oxygens (including phenoxy) is 2. The van der Waals surface area contributed by atoms with Crippen molar-refractivity contribution in [2.75, 3.05) is 14.2 Å². The molecule has 0 aromatic heterocycles. The highest BCUT2D eigenvalue weighted by Crippen LogP contribution is 2.26. The smallest absolute Gasteiger partial charge is 0.157 e. The van der Waals surface area contributed by atoms with E-state index in [1.807, 2.05) is 0 Å². The summed E-state index contributed by atoms with van der Waals surface area (Å²) in [6.07, 6.45) is 5.69. The Kier molecular flexibility index (Phi) is 8.52. The molecule has 0 bridgehead atoms. The molecule has 3 heteroatoms. The monoisotopic (exact) mass is 248 g/mol. The largest absolute Gasteiger partial charge is 0.356 e. The number of methoxy groups -OCH3 is 2. The molecule has 0 aliphatic carbocycles. The summed E-state index contributed by atoms with van der Waals surface area (Å²) in [7, 11) is 3.39. The van der Waals surface area contributed by atoms with E-state index in [9.17, 15) is 0 Å². The molecular formula is C13H28O2S. The van der Waals surface area contributed by atoms with Crippen LogP contribution in [0.3, 0.4) is 0 Å². The van der Waals surface area contributed by atoms with E-state index in [4.69, 9.17) is 9.47 Å². The SMILES string of the molecule is CCC(C)(S)CCCC(C)CC(OC)OC. The maximum absolute atomic E-state index is 5.20. The van der Waals surface area contributed by atoms with Crippen molar-refractivity contribution in [2.24, 2.45) is 5.92 Å². The van der Waals surface area contributed by atoms with Gasteiger partial charge >= 0.3 is 0 Å². The Balaban J connectivity index is 3.69. The van der Waals surface area contributed by atoms with E-state index >= 15 is 0 Å². The highest BCUT2D eigenvalue weighted by atomic mass is 32.1. The summed E-state index contributed by atoms with van der Waals surface area (Å²) in [5.41, 5.74) is 0. The minimum Gasteiger partial charge on any atom is -0.356 e. The molecule has 16 heavy (non-hydrogen) atoms. The zero-order chi connectivity index (χ0) is 12.6. The Labute approximate surface area is 107 Å². The molecule has 0 saturated heterocycles.